The van der Waals surface area contributed by atoms with Crippen molar-refractivity contribution in [1.82, 2.24) is 14.5 Å². The molecule has 2 N–H and O–H groups in total. The molecule has 0 bridgehead atoms. The van der Waals surface area contributed by atoms with Gasteiger partial charge < -0.3 is 15.0 Å². The standard InChI is InChI=1S/C22H29N3O4S/c1-30-13-9-18(25-19(26)16-7-2-3-8-17(16)23-21(25)28)20(27)24-12-11-22(29)10-5-4-6-15(22)14-24/h2-3,7-8,15,18,29H,4-6,9-14H2,1H3,(H,23,28)/t15-,18+,22+/m1/s1. The topological polar surface area (TPSA) is 95.4 Å². The summed E-state index contributed by atoms with van der Waals surface area (Å²) in [6.07, 6.45) is 6.70. The molecule has 1 aliphatic carbocycles. The van der Waals surface area contributed by atoms with Crippen LogP contribution in [-0.4, -0.2) is 56.2 Å². The maximum Gasteiger partial charge on any atom is 0.329 e. The van der Waals surface area contributed by atoms with Crippen LogP contribution in [0.2, 0.25) is 0 Å². The third kappa shape index (κ3) is 3.83. The first kappa shape index (κ1) is 21.2. The average molecular weight is 432 g/mol. The number of hydrogen-bond acceptors (Lipinski definition) is 5. The summed E-state index contributed by atoms with van der Waals surface area (Å²) in [6.45, 7) is 0.952. The van der Waals surface area contributed by atoms with Gasteiger partial charge in [0.1, 0.15) is 6.04 Å². The molecule has 1 amide bonds. The molecule has 2 heterocycles. The monoisotopic (exact) mass is 431 g/mol. The lowest BCUT2D eigenvalue weighted by atomic mass is 9.71. The minimum atomic E-state index is -0.840. The van der Waals surface area contributed by atoms with Gasteiger partial charge >= 0.3 is 5.69 Å². The summed E-state index contributed by atoms with van der Waals surface area (Å²) in [5.41, 5.74) is -1.18. The first-order chi connectivity index (χ1) is 14.4. The minimum absolute atomic E-state index is 0.0664. The molecule has 30 heavy (non-hydrogen) atoms. The van der Waals surface area contributed by atoms with Crippen LogP contribution in [0.1, 0.15) is 44.6 Å². The van der Waals surface area contributed by atoms with Crippen molar-refractivity contribution in [2.24, 2.45) is 5.92 Å². The number of nitrogens with one attached hydrogen (secondary N) is 1. The van der Waals surface area contributed by atoms with Gasteiger partial charge in [-0.2, -0.15) is 11.8 Å². The molecule has 162 valence electrons. The normalized spacial score (nSPS) is 25.1. The number of benzene rings is 1. The van der Waals surface area contributed by atoms with Gasteiger partial charge in [0, 0.05) is 19.0 Å². The first-order valence-corrected chi connectivity index (χ1v) is 12.1. The third-order valence-corrected chi connectivity index (χ3v) is 7.41. The largest absolute Gasteiger partial charge is 0.389 e. The van der Waals surface area contributed by atoms with Gasteiger partial charge in [-0.05, 0) is 49.8 Å². The number of piperidine rings is 1. The first-order valence-electron chi connectivity index (χ1n) is 10.7. The number of aromatic amines is 1. The molecule has 1 aromatic heterocycles. The second kappa shape index (κ2) is 8.59. The molecule has 8 heteroatoms. The van der Waals surface area contributed by atoms with Gasteiger partial charge in [0.15, 0.2) is 0 Å². The summed E-state index contributed by atoms with van der Waals surface area (Å²) in [6, 6.07) is 6.03. The fraction of sp³-hybridized carbons (Fsp3) is 0.591. The van der Waals surface area contributed by atoms with Gasteiger partial charge in [-0.3, -0.25) is 9.59 Å². The molecule has 4 rings (SSSR count). The molecule has 2 aromatic rings. The molecular formula is C22H29N3O4S. The van der Waals surface area contributed by atoms with Crippen LogP contribution in [0.4, 0.5) is 0 Å². The number of rotatable bonds is 5. The van der Waals surface area contributed by atoms with Gasteiger partial charge in [0.25, 0.3) is 5.56 Å². The molecule has 1 aliphatic heterocycles. The van der Waals surface area contributed by atoms with Crippen LogP contribution in [0.25, 0.3) is 10.9 Å². The zero-order valence-corrected chi connectivity index (χ0v) is 18.1. The summed E-state index contributed by atoms with van der Waals surface area (Å²) >= 11 is 1.58. The van der Waals surface area contributed by atoms with Crippen molar-refractivity contribution in [3.05, 3.63) is 45.1 Å². The Morgan fingerprint density at radius 3 is 2.90 bits per heavy atom. The minimum Gasteiger partial charge on any atom is -0.389 e. The number of aromatic nitrogens is 2. The number of likely N-dealkylation sites (tertiary alicyclic amines) is 1. The van der Waals surface area contributed by atoms with Crippen LogP contribution in [0.15, 0.2) is 33.9 Å². The average Bonchev–Trinajstić information content (AvgIpc) is 2.75. The second-order valence-corrected chi connectivity index (χ2v) is 9.51. The van der Waals surface area contributed by atoms with E-state index < -0.39 is 22.9 Å². The van der Waals surface area contributed by atoms with E-state index in [0.29, 0.717) is 42.6 Å². The maximum atomic E-state index is 13.5. The fourth-order valence-electron chi connectivity index (χ4n) is 5.03. The van der Waals surface area contributed by atoms with Gasteiger partial charge in [-0.15, -0.1) is 0 Å². The Morgan fingerprint density at radius 2 is 2.10 bits per heavy atom. The lowest BCUT2D eigenvalue weighted by Gasteiger charge is -2.48. The molecule has 7 nitrogen and oxygen atoms in total. The molecule has 2 fully saturated rings. The number of carbonyl (C=O) groups excluding carboxylic acids is 1. The van der Waals surface area contributed by atoms with E-state index in [1.165, 1.54) is 0 Å². The van der Waals surface area contributed by atoms with E-state index in [1.54, 1.807) is 40.9 Å². The van der Waals surface area contributed by atoms with Crippen LogP contribution in [0.3, 0.4) is 0 Å². The van der Waals surface area contributed by atoms with Crippen molar-refractivity contribution in [2.45, 2.75) is 50.2 Å². The van der Waals surface area contributed by atoms with Crippen LogP contribution in [0.5, 0.6) is 0 Å². The molecule has 3 atom stereocenters. The van der Waals surface area contributed by atoms with Crippen molar-refractivity contribution >= 4 is 28.6 Å². The number of hydrogen-bond donors (Lipinski definition) is 2. The van der Waals surface area contributed by atoms with Crippen molar-refractivity contribution in [3.63, 3.8) is 0 Å². The Labute approximate surface area is 179 Å². The highest BCUT2D eigenvalue weighted by Gasteiger charge is 2.44. The molecule has 0 spiro atoms. The molecule has 1 aromatic carbocycles. The lowest BCUT2D eigenvalue weighted by Crippen LogP contribution is -2.56. The summed E-state index contributed by atoms with van der Waals surface area (Å²) in [5.74, 6) is 0.535. The lowest BCUT2D eigenvalue weighted by molar-refractivity contribution is -0.146. The van der Waals surface area contributed by atoms with Gasteiger partial charge in [0.05, 0.1) is 16.5 Å². The number of carbonyl (C=O) groups is 1. The van der Waals surface area contributed by atoms with Gasteiger partial charge in [-0.1, -0.05) is 25.0 Å². The summed E-state index contributed by atoms with van der Waals surface area (Å²) in [7, 11) is 0. The van der Waals surface area contributed by atoms with E-state index in [4.69, 9.17) is 0 Å². The fourth-order valence-corrected chi connectivity index (χ4v) is 5.49. The molecule has 1 saturated carbocycles. The quantitative estimate of drug-likeness (QED) is 0.756. The predicted octanol–water partition coefficient (Wildman–Crippen LogP) is 2.14. The zero-order valence-electron chi connectivity index (χ0n) is 17.3. The Hall–Kier alpha value is -2.06. The van der Waals surface area contributed by atoms with Gasteiger partial charge in [-0.25, -0.2) is 9.36 Å². The van der Waals surface area contributed by atoms with E-state index in [-0.39, 0.29) is 11.8 Å². The van der Waals surface area contributed by atoms with E-state index >= 15 is 0 Å². The SMILES string of the molecule is CSCC[C@@H](C(=O)N1CC[C@@]2(O)CCCC[C@@H]2C1)n1c(=O)[nH]c2ccccc2c1=O. The Balaban J connectivity index is 1.68. The van der Waals surface area contributed by atoms with Crippen LogP contribution < -0.4 is 11.2 Å². The van der Waals surface area contributed by atoms with Crippen molar-refractivity contribution in [2.75, 3.05) is 25.1 Å². The van der Waals surface area contributed by atoms with E-state index in [0.717, 1.165) is 30.3 Å². The van der Waals surface area contributed by atoms with Crippen LogP contribution in [-0.2, 0) is 4.79 Å². The van der Waals surface area contributed by atoms with Crippen molar-refractivity contribution in [3.8, 4) is 0 Å². The van der Waals surface area contributed by atoms with E-state index in [9.17, 15) is 19.5 Å². The number of aliphatic hydroxyl groups is 1. The maximum absolute atomic E-state index is 13.5. The summed E-state index contributed by atoms with van der Waals surface area (Å²) in [5, 5.41) is 11.3. The zero-order chi connectivity index (χ0) is 21.3. The highest BCUT2D eigenvalue weighted by atomic mass is 32.2. The molecular weight excluding hydrogens is 402 g/mol. The second-order valence-electron chi connectivity index (χ2n) is 8.53. The number of thioether (sulfide) groups is 1. The van der Waals surface area contributed by atoms with Crippen LogP contribution in [0, 0.1) is 5.92 Å². The Morgan fingerprint density at radius 1 is 1.30 bits per heavy atom. The summed E-state index contributed by atoms with van der Waals surface area (Å²) in [4.78, 5) is 44.0. The molecule has 2 aliphatic rings. The van der Waals surface area contributed by atoms with Gasteiger partial charge in [0.2, 0.25) is 5.91 Å². The highest BCUT2D eigenvalue weighted by molar-refractivity contribution is 7.98. The van der Waals surface area contributed by atoms with Crippen LogP contribution >= 0.6 is 11.8 Å². The number of para-hydroxylation sites is 1. The number of amides is 1. The van der Waals surface area contributed by atoms with Crippen molar-refractivity contribution < 1.29 is 9.90 Å². The Kier molecular flexibility index (Phi) is 6.06. The molecule has 0 radical (unpaired) electrons. The third-order valence-electron chi connectivity index (χ3n) is 6.77. The number of nitrogens with zero attached hydrogens (tertiary/aromatic N) is 2. The smallest absolute Gasteiger partial charge is 0.329 e. The summed E-state index contributed by atoms with van der Waals surface area (Å²) < 4.78 is 1.10. The predicted molar refractivity (Wildman–Crippen MR) is 119 cm³/mol. The van der Waals surface area contributed by atoms with E-state index in [2.05, 4.69) is 4.98 Å². The van der Waals surface area contributed by atoms with Crippen molar-refractivity contribution in [1.29, 1.82) is 0 Å². The highest BCUT2D eigenvalue weighted by Crippen LogP contribution is 2.40. The molecule has 0 unspecified atom stereocenters. The molecule has 1 saturated heterocycles. The Bertz CT molecular complexity index is 1050. The number of H-pyrrole nitrogens is 1. The number of fused-ring (bicyclic) bond motifs is 2. The van der Waals surface area contributed by atoms with E-state index in [1.807, 2.05) is 6.26 Å².